The number of rotatable bonds is 4. The maximum absolute atomic E-state index is 5.15. The van der Waals surface area contributed by atoms with Crippen molar-refractivity contribution in [1.29, 1.82) is 0 Å². The third-order valence-corrected chi connectivity index (χ3v) is 11.2. The highest BCUT2D eigenvalue weighted by molar-refractivity contribution is 6.15. The zero-order valence-corrected chi connectivity index (χ0v) is 30.0. The molecule has 260 valence electrons. The Hall–Kier alpha value is -7.70. The molecule has 7 aromatic carbocycles. The van der Waals surface area contributed by atoms with Crippen LogP contribution in [0.2, 0.25) is 0 Å². The molecule has 56 heavy (non-hydrogen) atoms. The lowest BCUT2D eigenvalue weighted by Crippen LogP contribution is -2.00. The number of fused-ring (bicyclic) bond motifs is 9. The van der Waals surface area contributed by atoms with E-state index in [1.165, 1.54) is 21.5 Å². The number of hydrogen-bond acceptors (Lipinski definition) is 4. The highest BCUT2D eigenvalue weighted by Gasteiger charge is 2.19. The van der Waals surface area contributed by atoms with Crippen molar-refractivity contribution in [2.24, 2.45) is 0 Å². The second kappa shape index (κ2) is 11.9. The summed E-state index contributed by atoms with van der Waals surface area (Å²) in [7, 11) is 0. The van der Waals surface area contributed by atoms with E-state index in [9.17, 15) is 0 Å². The van der Waals surface area contributed by atoms with Gasteiger partial charge < -0.3 is 4.57 Å². The van der Waals surface area contributed by atoms with Crippen molar-refractivity contribution in [2.75, 3.05) is 0 Å². The monoisotopic (exact) mass is 714 g/mol. The van der Waals surface area contributed by atoms with E-state index in [0.29, 0.717) is 0 Å². The quantitative estimate of drug-likeness (QED) is 0.170. The molecule has 0 N–H and O–H groups in total. The summed E-state index contributed by atoms with van der Waals surface area (Å²) in [5.74, 6) is 0.820. The minimum Gasteiger partial charge on any atom is -0.309 e. The van der Waals surface area contributed by atoms with Crippen LogP contribution in [0, 0.1) is 0 Å². The Labute approximate surface area is 320 Å². The van der Waals surface area contributed by atoms with Gasteiger partial charge in [-0.25, -0.2) is 15.0 Å². The molecule has 0 aliphatic rings. The Kier molecular flexibility index (Phi) is 6.53. The molecule has 0 spiro atoms. The Bertz CT molecular complexity index is 3540. The van der Waals surface area contributed by atoms with Crippen molar-refractivity contribution in [1.82, 2.24) is 29.1 Å². The zero-order valence-electron chi connectivity index (χ0n) is 30.0. The molecule has 12 aromatic rings. The summed E-state index contributed by atoms with van der Waals surface area (Å²) in [6, 6.07) is 58.1. The van der Waals surface area contributed by atoms with Crippen molar-refractivity contribution >= 4 is 76.3 Å². The molecule has 0 saturated carbocycles. The molecule has 5 heterocycles. The van der Waals surface area contributed by atoms with Gasteiger partial charge in [-0.2, -0.15) is 0 Å². The lowest BCUT2D eigenvalue weighted by molar-refractivity contribution is 1.05. The molecule has 0 fully saturated rings. The van der Waals surface area contributed by atoms with Gasteiger partial charge in [-0.3, -0.25) is 9.55 Å². The zero-order chi connectivity index (χ0) is 36.7. The van der Waals surface area contributed by atoms with Crippen LogP contribution in [0.1, 0.15) is 0 Å². The van der Waals surface area contributed by atoms with Gasteiger partial charge in [0.1, 0.15) is 11.5 Å². The first-order valence-electron chi connectivity index (χ1n) is 18.8. The van der Waals surface area contributed by atoms with E-state index >= 15 is 0 Å². The third-order valence-electron chi connectivity index (χ3n) is 11.2. The molecular formula is C50H30N6. The Morgan fingerprint density at radius 1 is 0.375 bits per heavy atom. The number of aromatic nitrogens is 6. The SMILES string of the molecule is c1ccc(-c2ccnc(-n3c4cc(-n5c6cc(-c7cnc8cc9ccccc9cc8n7)ccc6c6cc7ccccc7cc65)ccc4c4cccnc43)c2)cc1. The summed E-state index contributed by atoms with van der Waals surface area (Å²) in [6.07, 6.45) is 5.64. The second-order valence-electron chi connectivity index (χ2n) is 14.4. The largest absolute Gasteiger partial charge is 0.309 e. The third kappa shape index (κ3) is 4.69. The highest BCUT2D eigenvalue weighted by Crippen LogP contribution is 2.39. The molecule has 0 aliphatic heterocycles. The van der Waals surface area contributed by atoms with Gasteiger partial charge in [-0.1, -0.05) is 97.1 Å². The smallest absolute Gasteiger partial charge is 0.146 e. The average Bonchev–Trinajstić information content (AvgIpc) is 3.76. The molecule has 0 bridgehead atoms. The van der Waals surface area contributed by atoms with Crippen molar-refractivity contribution in [3.63, 3.8) is 0 Å². The summed E-state index contributed by atoms with van der Waals surface area (Å²) in [5.41, 5.74) is 11.0. The number of benzene rings is 7. The maximum Gasteiger partial charge on any atom is 0.146 e. The first-order chi connectivity index (χ1) is 27.7. The highest BCUT2D eigenvalue weighted by atomic mass is 15.1. The van der Waals surface area contributed by atoms with E-state index in [0.717, 1.165) is 88.7 Å². The minimum atomic E-state index is 0.820. The van der Waals surface area contributed by atoms with Gasteiger partial charge >= 0.3 is 0 Å². The van der Waals surface area contributed by atoms with Crippen molar-refractivity contribution in [2.45, 2.75) is 0 Å². The van der Waals surface area contributed by atoms with Crippen LogP contribution in [-0.2, 0) is 0 Å². The van der Waals surface area contributed by atoms with E-state index in [4.69, 9.17) is 19.9 Å². The van der Waals surface area contributed by atoms with Crippen molar-refractivity contribution < 1.29 is 0 Å². The van der Waals surface area contributed by atoms with Gasteiger partial charge in [-0.15, -0.1) is 0 Å². The van der Waals surface area contributed by atoms with Gasteiger partial charge in [0.2, 0.25) is 0 Å². The predicted octanol–water partition coefficient (Wildman–Crippen LogP) is 12.3. The van der Waals surface area contributed by atoms with E-state index < -0.39 is 0 Å². The summed E-state index contributed by atoms with van der Waals surface area (Å²) in [6.45, 7) is 0. The molecule has 0 saturated heterocycles. The predicted molar refractivity (Wildman–Crippen MR) is 230 cm³/mol. The average molecular weight is 715 g/mol. The van der Waals surface area contributed by atoms with Crippen LogP contribution in [-0.4, -0.2) is 29.1 Å². The fourth-order valence-electron chi connectivity index (χ4n) is 8.53. The fourth-order valence-corrected chi connectivity index (χ4v) is 8.53. The first-order valence-corrected chi connectivity index (χ1v) is 18.8. The van der Waals surface area contributed by atoms with Crippen LogP contribution in [0.25, 0.3) is 110 Å². The van der Waals surface area contributed by atoms with Crippen LogP contribution in [0.5, 0.6) is 0 Å². The number of nitrogens with zero attached hydrogens (tertiary/aromatic N) is 6. The molecule has 0 radical (unpaired) electrons. The second-order valence-corrected chi connectivity index (χ2v) is 14.4. The summed E-state index contributed by atoms with van der Waals surface area (Å²) in [5, 5.41) is 9.29. The molecule has 0 atom stereocenters. The van der Waals surface area contributed by atoms with Gasteiger partial charge in [0, 0.05) is 45.2 Å². The van der Waals surface area contributed by atoms with E-state index in [2.05, 4.69) is 161 Å². The molecule has 0 amide bonds. The number of hydrogen-bond donors (Lipinski definition) is 0. The normalized spacial score (nSPS) is 11.9. The standard InChI is InChI=1S/C50H30N6/c1-2-9-31(10-3-1)36-20-22-51-49(28-36)56-48-29-38(17-19-39(48)41-15-8-21-52-50(41)56)55-46-27-37(16-18-40(46)42-23-32-11-4-7-14-35(32)26-47(42)55)45-30-53-43-24-33-12-5-6-13-34(33)25-44(43)54-45/h1-30H. The van der Waals surface area contributed by atoms with Crippen LogP contribution in [0.3, 0.4) is 0 Å². The van der Waals surface area contributed by atoms with Crippen LogP contribution in [0.4, 0.5) is 0 Å². The molecule has 0 unspecified atom stereocenters. The van der Waals surface area contributed by atoms with Gasteiger partial charge in [0.25, 0.3) is 0 Å². The van der Waals surface area contributed by atoms with E-state index in [1.807, 2.05) is 30.7 Å². The minimum absolute atomic E-state index is 0.820. The Morgan fingerprint density at radius 2 is 1.07 bits per heavy atom. The summed E-state index contributed by atoms with van der Waals surface area (Å²) >= 11 is 0. The fraction of sp³-hybridized carbons (Fsp3) is 0. The molecule has 12 rings (SSSR count). The summed E-state index contributed by atoms with van der Waals surface area (Å²) < 4.78 is 4.59. The molecule has 6 nitrogen and oxygen atoms in total. The molecular weight excluding hydrogens is 685 g/mol. The van der Waals surface area contributed by atoms with E-state index in [-0.39, 0.29) is 0 Å². The number of pyridine rings is 2. The van der Waals surface area contributed by atoms with Crippen LogP contribution in [0.15, 0.2) is 182 Å². The Balaban J connectivity index is 1.11. The van der Waals surface area contributed by atoms with Crippen molar-refractivity contribution in [3.05, 3.63) is 182 Å². The van der Waals surface area contributed by atoms with E-state index in [1.54, 1.807) is 0 Å². The molecule has 5 aromatic heterocycles. The van der Waals surface area contributed by atoms with Gasteiger partial charge in [0.15, 0.2) is 0 Å². The Morgan fingerprint density at radius 3 is 1.91 bits per heavy atom. The van der Waals surface area contributed by atoms with Gasteiger partial charge in [0.05, 0.1) is 39.5 Å². The first kappa shape index (κ1) is 30.7. The topological polar surface area (TPSA) is 61.4 Å². The van der Waals surface area contributed by atoms with Crippen LogP contribution >= 0.6 is 0 Å². The maximum atomic E-state index is 5.15. The summed E-state index contributed by atoms with van der Waals surface area (Å²) in [4.78, 5) is 19.9. The van der Waals surface area contributed by atoms with Crippen molar-refractivity contribution in [3.8, 4) is 33.9 Å². The van der Waals surface area contributed by atoms with Crippen LogP contribution < -0.4 is 0 Å². The molecule has 6 heteroatoms. The molecule has 0 aliphatic carbocycles. The lowest BCUT2D eigenvalue weighted by atomic mass is 10.0. The lowest BCUT2D eigenvalue weighted by Gasteiger charge is -2.12. The van der Waals surface area contributed by atoms with Gasteiger partial charge in [-0.05, 0) is 99.4 Å².